The Hall–Kier alpha value is -1.42. The molecule has 0 bridgehead atoms. The molecule has 1 fully saturated rings. The summed E-state index contributed by atoms with van der Waals surface area (Å²) in [5.74, 6) is 0.917. The first-order valence-corrected chi connectivity index (χ1v) is 5.63. The van der Waals surface area contributed by atoms with Crippen LogP contribution < -0.4 is 11.1 Å². The highest BCUT2D eigenvalue weighted by atomic mass is 16.1. The molecule has 0 aromatic carbocycles. The molecule has 0 aliphatic carbocycles. The molecule has 1 aliphatic heterocycles. The Labute approximate surface area is 95.3 Å². The summed E-state index contributed by atoms with van der Waals surface area (Å²) < 4.78 is 0. The van der Waals surface area contributed by atoms with Crippen molar-refractivity contribution in [2.45, 2.75) is 25.8 Å². The van der Waals surface area contributed by atoms with Gasteiger partial charge in [-0.3, -0.25) is 4.79 Å². The third kappa shape index (κ3) is 2.39. The lowest BCUT2D eigenvalue weighted by atomic mass is 9.93. The number of carbonyl (C=O) groups is 1. The van der Waals surface area contributed by atoms with Crippen LogP contribution in [0.25, 0.3) is 0 Å². The first kappa shape index (κ1) is 11.1. The largest absolute Gasteiger partial charge is 0.384 e. The van der Waals surface area contributed by atoms with E-state index in [1.165, 1.54) is 0 Å². The van der Waals surface area contributed by atoms with Gasteiger partial charge in [0.15, 0.2) is 0 Å². The zero-order chi connectivity index (χ0) is 11.5. The molecule has 1 aromatic rings. The highest BCUT2D eigenvalue weighted by Crippen LogP contribution is 2.18. The second kappa shape index (κ2) is 4.61. The van der Waals surface area contributed by atoms with Gasteiger partial charge < -0.3 is 11.1 Å². The van der Waals surface area contributed by atoms with Crippen molar-refractivity contribution in [1.29, 1.82) is 0 Å². The number of nitrogen functional groups attached to an aromatic ring is 1. The quantitative estimate of drug-likeness (QED) is 0.788. The molecule has 0 amide bonds. The van der Waals surface area contributed by atoms with Crippen molar-refractivity contribution < 1.29 is 4.79 Å². The van der Waals surface area contributed by atoms with Gasteiger partial charge in [0.2, 0.25) is 0 Å². The number of aromatic nitrogens is 1. The fourth-order valence-corrected chi connectivity index (χ4v) is 2.24. The van der Waals surface area contributed by atoms with Crippen LogP contribution in [0.1, 0.15) is 18.9 Å². The van der Waals surface area contributed by atoms with E-state index in [2.05, 4.69) is 17.2 Å². The Bertz CT molecular complexity index is 392. The molecule has 0 radical (unpaired) electrons. The monoisotopic (exact) mass is 219 g/mol. The third-order valence-corrected chi connectivity index (χ3v) is 3.16. The fraction of sp³-hybridized carbons (Fsp3) is 0.500. The van der Waals surface area contributed by atoms with Crippen LogP contribution in [0.15, 0.2) is 18.3 Å². The molecule has 0 saturated carbocycles. The molecule has 2 heterocycles. The van der Waals surface area contributed by atoms with E-state index in [9.17, 15) is 4.79 Å². The molecule has 86 valence electrons. The van der Waals surface area contributed by atoms with Crippen molar-refractivity contribution in [3.8, 4) is 0 Å². The van der Waals surface area contributed by atoms with Crippen molar-refractivity contribution >= 4 is 11.6 Å². The Kier molecular flexibility index (Phi) is 3.19. The second-order valence-electron chi connectivity index (χ2n) is 4.37. The lowest BCUT2D eigenvalue weighted by Gasteiger charge is -2.13. The summed E-state index contributed by atoms with van der Waals surface area (Å²) in [6.45, 7) is 3.01. The second-order valence-corrected chi connectivity index (χ2v) is 4.37. The highest BCUT2D eigenvalue weighted by molar-refractivity contribution is 5.84. The number of rotatable bonds is 3. The smallest absolute Gasteiger partial charge is 0.141 e. The van der Waals surface area contributed by atoms with E-state index in [0.29, 0.717) is 24.1 Å². The summed E-state index contributed by atoms with van der Waals surface area (Å²) >= 11 is 0. The summed E-state index contributed by atoms with van der Waals surface area (Å²) in [7, 11) is 0. The van der Waals surface area contributed by atoms with Gasteiger partial charge in [0.05, 0.1) is 0 Å². The molecule has 1 aromatic heterocycles. The summed E-state index contributed by atoms with van der Waals surface area (Å²) in [6, 6.07) is 3.92. The summed E-state index contributed by atoms with van der Waals surface area (Å²) in [6.07, 6.45) is 3.05. The van der Waals surface area contributed by atoms with E-state index in [4.69, 9.17) is 5.73 Å². The third-order valence-electron chi connectivity index (χ3n) is 3.16. The van der Waals surface area contributed by atoms with Gasteiger partial charge in [0.1, 0.15) is 11.6 Å². The molecule has 4 heteroatoms. The Morgan fingerprint density at radius 3 is 3.12 bits per heavy atom. The topological polar surface area (TPSA) is 68.0 Å². The summed E-state index contributed by atoms with van der Waals surface area (Å²) in [4.78, 5) is 15.9. The number of hydrogen-bond donors (Lipinski definition) is 2. The molecular weight excluding hydrogens is 202 g/mol. The molecule has 3 N–H and O–H groups in total. The molecule has 1 saturated heterocycles. The maximum Gasteiger partial charge on any atom is 0.141 e. The van der Waals surface area contributed by atoms with E-state index >= 15 is 0 Å². The molecule has 4 nitrogen and oxygen atoms in total. The molecule has 2 unspecified atom stereocenters. The van der Waals surface area contributed by atoms with E-state index in [1.807, 2.05) is 6.07 Å². The van der Waals surface area contributed by atoms with Crippen LogP contribution in [0, 0.1) is 5.92 Å². The predicted octanol–water partition coefficient (Wildman–Crippen LogP) is 0.773. The number of anilines is 1. The number of hydrogen-bond acceptors (Lipinski definition) is 4. The van der Waals surface area contributed by atoms with Gasteiger partial charge in [-0.05, 0) is 37.6 Å². The van der Waals surface area contributed by atoms with Crippen molar-refractivity contribution in [3.05, 3.63) is 23.9 Å². The molecule has 2 atom stereocenters. The van der Waals surface area contributed by atoms with Crippen LogP contribution >= 0.6 is 0 Å². The van der Waals surface area contributed by atoms with Crippen molar-refractivity contribution in [2.75, 3.05) is 12.3 Å². The van der Waals surface area contributed by atoms with Gasteiger partial charge >= 0.3 is 0 Å². The average Bonchev–Trinajstić information content (AvgIpc) is 2.64. The van der Waals surface area contributed by atoms with Gasteiger partial charge in [-0.1, -0.05) is 0 Å². The van der Waals surface area contributed by atoms with Crippen molar-refractivity contribution in [2.24, 2.45) is 5.92 Å². The minimum atomic E-state index is 0.148. The van der Waals surface area contributed by atoms with Crippen LogP contribution in [0.5, 0.6) is 0 Å². The Morgan fingerprint density at radius 2 is 2.50 bits per heavy atom. The zero-order valence-electron chi connectivity index (χ0n) is 9.44. The molecule has 2 rings (SSSR count). The molecular formula is C12H17N3O. The van der Waals surface area contributed by atoms with Crippen LogP contribution in [0.3, 0.4) is 0 Å². The molecule has 16 heavy (non-hydrogen) atoms. The van der Waals surface area contributed by atoms with Gasteiger partial charge in [0.25, 0.3) is 0 Å². The van der Waals surface area contributed by atoms with Crippen molar-refractivity contribution in [1.82, 2.24) is 10.3 Å². The lowest BCUT2D eigenvalue weighted by molar-refractivity contribution is -0.122. The number of nitrogens with zero attached hydrogens (tertiary/aromatic N) is 1. The zero-order valence-corrected chi connectivity index (χ0v) is 9.44. The Balaban J connectivity index is 2.02. The molecule has 1 aliphatic rings. The van der Waals surface area contributed by atoms with E-state index in [0.717, 1.165) is 18.5 Å². The fourth-order valence-electron chi connectivity index (χ4n) is 2.24. The first-order valence-electron chi connectivity index (χ1n) is 5.63. The normalized spacial score (nSPS) is 24.6. The average molecular weight is 219 g/mol. The van der Waals surface area contributed by atoms with E-state index in [-0.39, 0.29) is 5.92 Å². The maximum absolute atomic E-state index is 12.0. The van der Waals surface area contributed by atoms with Crippen LogP contribution in [-0.4, -0.2) is 23.4 Å². The number of ketones is 1. The lowest BCUT2D eigenvalue weighted by Crippen LogP contribution is -2.29. The standard InChI is InChI=1S/C12H17N3O/c1-8-10(3-5-14-8)11(16)6-9-2-4-15-12(13)7-9/h2,4,7-8,10,14H,3,5-6H2,1H3,(H2,13,15). The minimum Gasteiger partial charge on any atom is -0.384 e. The number of nitrogens with one attached hydrogen (secondary N) is 1. The summed E-state index contributed by atoms with van der Waals surface area (Å²) in [5, 5.41) is 3.29. The maximum atomic E-state index is 12.0. The SMILES string of the molecule is CC1NCCC1C(=O)Cc1ccnc(N)c1. The predicted molar refractivity (Wildman–Crippen MR) is 62.9 cm³/mol. The number of Topliss-reactive ketones (excluding diaryl/α,β-unsaturated/α-hetero) is 1. The number of nitrogens with two attached hydrogens (primary N) is 1. The number of pyridine rings is 1. The van der Waals surface area contributed by atoms with E-state index in [1.54, 1.807) is 12.3 Å². The van der Waals surface area contributed by atoms with Gasteiger partial charge in [0, 0.05) is 24.6 Å². The highest BCUT2D eigenvalue weighted by Gasteiger charge is 2.28. The van der Waals surface area contributed by atoms with Crippen LogP contribution in [0.2, 0.25) is 0 Å². The Morgan fingerprint density at radius 1 is 1.69 bits per heavy atom. The van der Waals surface area contributed by atoms with Crippen molar-refractivity contribution in [3.63, 3.8) is 0 Å². The first-order chi connectivity index (χ1) is 7.66. The van der Waals surface area contributed by atoms with Crippen LogP contribution in [-0.2, 0) is 11.2 Å². The van der Waals surface area contributed by atoms with Gasteiger partial charge in [-0.15, -0.1) is 0 Å². The van der Waals surface area contributed by atoms with E-state index < -0.39 is 0 Å². The van der Waals surface area contributed by atoms with Crippen LogP contribution in [0.4, 0.5) is 5.82 Å². The number of carbonyl (C=O) groups excluding carboxylic acids is 1. The minimum absolute atomic E-state index is 0.148. The molecule has 0 spiro atoms. The van der Waals surface area contributed by atoms with Gasteiger partial charge in [-0.2, -0.15) is 0 Å². The summed E-state index contributed by atoms with van der Waals surface area (Å²) in [5.41, 5.74) is 6.54. The van der Waals surface area contributed by atoms with Gasteiger partial charge in [-0.25, -0.2) is 4.98 Å².